The van der Waals surface area contributed by atoms with Crippen LogP contribution < -0.4 is 10.0 Å². The van der Waals surface area contributed by atoms with Gasteiger partial charge < -0.3 is 19.9 Å². The normalized spacial score (nSPS) is 20.2. The summed E-state index contributed by atoms with van der Waals surface area (Å²) in [6.45, 7) is 3.43. The minimum atomic E-state index is -3.97. The highest BCUT2D eigenvalue weighted by Gasteiger charge is 2.26. The lowest BCUT2D eigenvalue weighted by molar-refractivity contribution is 0.0436. The largest absolute Gasteiger partial charge is 0.378 e. The van der Waals surface area contributed by atoms with Gasteiger partial charge in [-0.2, -0.15) is 0 Å². The van der Waals surface area contributed by atoms with Crippen molar-refractivity contribution in [1.82, 2.24) is 19.8 Å². The van der Waals surface area contributed by atoms with E-state index in [1.165, 1.54) is 6.07 Å². The number of nitrogens with zero attached hydrogens (tertiary/aromatic N) is 2. The second-order valence-corrected chi connectivity index (χ2v) is 10.4. The standard InChI is InChI=1S/C22H32N4O5S/c27-21(23-19-4-2-1-3-5-19)24-32(29,30)20-7-6-17-8-10-25(11-9-18(17)16-20)22(28)26-12-14-31-15-13-26/h6-7,16,19H,1-5,8-15H2,(H2,23,24,27). The van der Waals surface area contributed by atoms with Crippen LogP contribution in [0.4, 0.5) is 9.59 Å². The van der Waals surface area contributed by atoms with Crippen molar-refractivity contribution >= 4 is 22.1 Å². The Morgan fingerprint density at radius 3 is 2.28 bits per heavy atom. The highest BCUT2D eigenvalue weighted by atomic mass is 32.2. The van der Waals surface area contributed by atoms with Crippen LogP contribution in [0.5, 0.6) is 0 Å². The molecule has 0 spiro atoms. The first-order valence-corrected chi connectivity index (χ1v) is 13.0. The Labute approximate surface area is 189 Å². The second-order valence-electron chi connectivity index (χ2n) is 8.71. The molecule has 1 saturated heterocycles. The van der Waals surface area contributed by atoms with E-state index in [2.05, 4.69) is 10.0 Å². The van der Waals surface area contributed by atoms with E-state index in [0.717, 1.165) is 43.2 Å². The van der Waals surface area contributed by atoms with Gasteiger partial charge in [-0.1, -0.05) is 25.3 Å². The number of benzene rings is 1. The van der Waals surface area contributed by atoms with Gasteiger partial charge in [-0.05, 0) is 48.9 Å². The van der Waals surface area contributed by atoms with Crippen molar-refractivity contribution in [2.75, 3.05) is 39.4 Å². The molecule has 176 valence electrons. The average Bonchev–Trinajstić information content (AvgIpc) is 3.01. The lowest BCUT2D eigenvalue weighted by Gasteiger charge is -2.32. The van der Waals surface area contributed by atoms with Gasteiger partial charge in [0.2, 0.25) is 0 Å². The second kappa shape index (κ2) is 10.1. The van der Waals surface area contributed by atoms with E-state index in [0.29, 0.717) is 52.2 Å². The van der Waals surface area contributed by atoms with Gasteiger partial charge in [0.05, 0.1) is 18.1 Å². The Balaban J connectivity index is 1.39. The van der Waals surface area contributed by atoms with Gasteiger partial charge >= 0.3 is 12.1 Å². The summed E-state index contributed by atoms with van der Waals surface area (Å²) in [6, 6.07) is 4.33. The van der Waals surface area contributed by atoms with Crippen molar-refractivity contribution in [2.24, 2.45) is 0 Å². The van der Waals surface area contributed by atoms with E-state index in [4.69, 9.17) is 4.74 Å². The van der Waals surface area contributed by atoms with E-state index in [9.17, 15) is 18.0 Å². The van der Waals surface area contributed by atoms with Gasteiger partial charge in [-0.25, -0.2) is 22.7 Å². The van der Waals surface area contributed by atoms with Crippen molar-refractivity contribution < 1.29 is 22.7 Å². The maximum absolute atomic E-state index is 12.8. The first-order chi connectivity index (χ1) is 15.4. The van der Waals surface area contributed by atoms with Crippen molar-refractivity contribution in [2.45, 2.75) is 55.9 Å². The third-order valence-electron chi connectivity index (χ3n) is 6.51. The zero-order valence-electron chi connectivity index (χ0n) is 18.3. The number of urea groups is 2. The molecule has 32 heavy (non-hydrogen) atoms. The van der Waals surface area contributed by atoms with Gasteiger partial charge in [-0.15, -0.1) is 0 Å². The molecule has 1 saturated carbocycles. The topological polar surface area (TPSA) is 108 Å². The van der Waals surface area contributed by atoms with Crippen molar-refractivity contribution in [3.63, 3.8) is 0 Å². The van der Waals surface area contributed by atoms with Gasteiger partial charge in [0.15, 0.2) is 0 Å². The van der Waals surface area contributed by atoms with E-state index >= 15 is 0 Å². The predicted octanol–water partition coefficient (Wildman–Crippen LogP) is 1.86. The number of ether oxygens (including phenoxy) is 1. The van der Waals surface area contributed by atoms with Gasteiger partial charge in [-0.3, -0.25) is 0 Å². The molecule has 0 bridgehead atoms. The number of nitrogens with one attached hydrogen (secondary N) is 2. The number of amides is 4. The molecule has 4 amide bonds. The third kappa shape index (κ3) is 5.53. The molecule has 2 N–H and O–H groups in total. The van der Waals surface area contributed by atoms with Crippen LogP contribution in [0.15, 0.2) is 23.1 Å². The number of carbonyl (C=O) groups excluding carboxylic acids is 2. The lowest BCUT2D eigenvalue weighted by Crippen LogP contribution is -2.48. The Morgan fingerprint density at radius 2 is 1.56 bits per heavy atom. The molecule has 4 rings (SSSR count). The van der Waals surface area contributed by atoms with Crippen LogP contribution in [-0.4, -0.2) is 75.7 Å². The minimum Gasteiger partial charge on any atom is -0.378 e. The van der Waals surface area contributed by atoms with Crippen LogP contribution in [0, 0.1) is 0 Å². The minimum absolute atomic E-state index is 0.00926. The van der Waals surface area contributed by atoms with Crippen LogP contribution >= 0.6 is 0 Å². The summed E-state index contributed by atoms with van der Waals surface area (Å²) in [6.07, 6.45) is 6.26. The van der Waals surface area contributed by atoms with Crippen LogP contribution in [-0.2, 0) is 27.6 Å². The molecule has 2 heterocycles. The Hall–Kier alpha value is -2.33. The summed E-state index contributed by atoms with van der Waals surface area (Å²) >= 11 is 0. The molecule has 0 atom stereocenters. The molecular weight excluding hydrogens is 432 g/mol. The van der Waals surface area contributed by atoms with Gasteiger partial charge in [0.25, 0.3) is 10.0 Å². The summed E-state index contributed by atoms with van der Waals surface area (Å²) < 4.78 is 33.0. The van der Waals surface area contributed by atoms with Gasteiger partial charge in [0.1, 0.15) is 0 Å². The summed E-state index contributed by atoms with van der Waals surface area (Å²) in [7, 11) is -3.97. The Kier molecular flexibility index (Phi) is 7.20. The SMILES string of the molecule is O=C(NC1CCCCC1)NS(=O)(=O)c1ccc2c(c1)CCN(C(=O)N1CCOCC1)CC2. The molecule has 2 fully saturated rings. The zero-order chi connectivity index (χ0) is 22.6. The van der Waals surface area contributed by atoms with Gasteiger partial charge in [0, 0.05) is 32.2 Å². The highest BCUT2D eigenvalue weighted by molar-refractivity contribution is 7.90. The first-order valence-electron chi connectivity index (χ1n) is 11.5. The van der Waals surface area contributed by atoms with Crippen molar-refractivity contribution in [3.8, 4) is 0 Å². The highest BCUT2D eigenvalue weighted by Crippen LogP contribution is 2.22. The predicted molar refractivity (Wildman–Crippen MR) is 119 cm³/mol. The maximum atomic E-state index is 12.8. The summed E-state index contributed by atoms with van der Waals surface area (Å²) in [5.41, 5.74) is 1.94. The number of hydrogen-bond donors (Lipinski definition) is 2. The molecule has 0 radical (unpaired) electrons. The molecule has 9 nitrogen and oxygen atoms in total. The fraction of sp³-hybridized carbons (Fsp3) is 0.636. The fourth-order valence-electron chi connectivity index (χ4n) is 4.66. The van der Waals surface area contributed by atoms with Crippen LogP contribution in [0.1, 0.15) is 43.2 Å². The summed E-state index contributed by atoms with van der Waals surface area (Å²) in [4.78, 5) is 28.8. The zero-order valence-corrected chi connectivity index (χ0v) is 19.2. The summed E-state index contributed by atoms with van der Waals surface area (Å²) in [5, 5.41) is 2.78. The smallest absolute Gasteiger partial charge is 0.328 e. The lowest BCUT2D eigenvalue weighted by atomic mass is 9.96. The van der Waals surface area contributed by atoms with Crippen LogP contribution in [0.3, 0.4) is 0 Å². The maximum Gasteiger partial charge on any atom is 0.328 e. The number of rotatable bonds is 3. The van der Waals surface area contributed by atoms with E-state index < -0.39 is 16.1 Å². The van der Waals surface area contributed by atoms with E-state index in [1.54, 1.807) is 12.1 Å². The first kappa shape index (κ1) is 22.8. The Morgan fingerprint density at radius 1 is 0.906 bits per heavy atom. The van der Waals surface area contributed by atoms with Crippen LogP contribution in [0.2, 0.25) is 0 Å². The fourth-order valence-corrected chi connectivity index (χ4v) is 5.62. The molecule has 3 aliphatic rings. The number of morpholine rings is 1. The average molecular weight is 465 g/mol. The molecule has 0 unspecified atom stereocenters. The number of fused-ring (bicyclic) bond motifs is 1. The molecule has 1 aromatic rings. The van der Waals surface area contributed by atoms with E-state index in [-0.39, 0.29) is 17.0 Å². The monoisotopic (exact) mass is 464 g/mol. The van der Waals surface area contributed by atoms with Crippen LogP contribution in [0.25, 0.3) is 0 Å². The Bertz CT molecular complexity index is 940. The molecule has 1 aromatic carbocycles. The number of sulfonamides is 1. The van der Waals surface area contributed by atoms with E-state index in [1.807, 2.05) is 9.80 Å². The number of hydrogen-bond acceptors (Lipinski definition) is 5. The molecule has 2 aliphatic heterocycles. The van der Waals surface area contributed by atoms with Crippen molar-refractivity contribution in [1.29, 1.82) is 0 Å². The molecule has 0 aromatic heterocycles. The molecular formula is C22H32N4O5S. The number of carbonyl (C=O) groups is 2. The summed E-state index contributed by atoms with van der Waals surface area (Å²) in [5.74, 6) is 0. The van der Waals surface area contributed by atoms with Crippen molar-refractivity contribution in [3.05, 3.63) is 29.3 Å². The molecule has 10 heteroatoms. The molecule has 1 aliphatic carbocycles. The quantitative estimate of drug-likeness (QED) is 0.710. The third-order valence-corrected chi connectivity index (χ3v) is 7.84.